The summed E-state index contributed by atoms with van der Waals surface area (Å²) in [4.78, 5) is 23.0. The first kappa shape index (κ1) is 14.6. The summed E-state index contributed by atoms with van der Waals surface area (Å²) >= 11 is 0. The molecular formula is C14H21N3O3. The highest BCUT2D eigenvalue weighted by atomic mass is 16.4. The summed E-state index contributed by atoms with van der Waals surface area (Å²) in [5, 5.41) is 18.7. The van der Waals surface area contributed by atoms with Crippen molar-refractivity contribution in [1.82, 2.24) is 10.2 Å². The monoisotopic (exact) mass is 279 g/mol. The lowest BCUT2D eigenvalue weighted by Crippen LogP contribution is -2.21. The fourth-order valence-corrected chi connectivity index (χ4v) is 2.44. The topological polar surface area (TPSA) is 95.1 Å². The lowest BCUT2D eigenvalue weighted by molar-refractivity contribution is -0.141. The average Bonchev–Trinajstić information content (AvgIpc) is 2.95. The molecule has 6 nitrogen and oxygen atoms in total. The van der Waals surface area contributed by atoms with Crippen LogP contribution in [0.25, 0.3) is 0 Å². The number of carboxylic acids is 1. The van der Waals surface area contributed by atoms with E-state index >= 15 is 0 Å². The van der Waals surface area contributed by atoms with Crippen molar-refractivity contribution in [1.29, 1.82) is 0 Å². The number of hydrogen-bond acceptors (Lipinski definition) is 3. The molecule has 0 spiro atoms. The van der Waals surface area contributed by atoms with Gasteiger partial charge in [-0.05, 0) is 19.3 Å². The minimum atomic E-state index is -0.810. The third-order valence-electron chi connectivity index (χ3n) is 3.79. The van der Waals surface area contributed by atoms with E-state index in [0.29, 0.717) is 25.1 Å². The molecule has 0 saturated heterocycles. The molecule has 0 aliphatic heterocycles. The normalized spacial score (nSPS) is 22.8. The highest BCUT2D eigenvalue weighted by Gasteiger charge is 2.34. The van der Waals surface area contributed by atoms with Crippen LogP contribution in [0.15, 0.2) is 6.07 Å². The number of aliphatic carboxylic acids is 1. The smallest absolute Gasteiger partial charge is 0.306 e. The summed E-state index contributed by atoms with van der Waals surface area (Å²) in [5.74, 6) is -1.07. The quantitative estimate of drug-likeness (QED) is 0.790. The van der Waals surface area contributed by atoms with Crippen molar-refractivity contribution in [3.63, 3.8) is 0 Å². The van der Waals surface area contributed by atoms with E-state index in [9.17, 15) is 9.59 Å². The van der Waals surface area contributed by atoms with E-state index in [0.717, 1.165) is 5.69 Å². The molecule has 1 aromatic heterocycles. The van der Waals surface area contributed by atoms with Gasteiger partial charge in [0.1, 0.15) is 0 Å². The Balaban J connectivity index is 1.95. The number of H-pyrrole nitrogens is 1. The summed E-state index contributed by atoms with van der Waals surface area (Å²) in [5.41, 5.74) is 0.889. The molecule has 0 radical (unpaired) electrons. The number of anilines is 1. The van der Waals surface area contributed by atoms with Crippen LogP contribution in [0.3, 0.4) is 0 Å². The van der Waals surface area contributed by atoms with E-state index < -0.39 is 11.9 Å². The number of aromatic amines is 1. The highest BCUT2D eigenvalue weighted by Crippen LogP contribution is 2.32. The fraction of sp³-hybridized carbons (Fsp3) is 0.643. The van der Waals surface area contributed by atoms with Crippen molar-refractivity contribution in [3.8, 4) is 0 Å². The van der Waals surface area contributed by atoms with Crippen molar-refractivity contribution in [2.24, 2.45) is 11.8 Å². The molecule has 0 bridgehead atoms. The van der Waals surface area contributed by atoms with Gasteiger partial charge in [0.15, 0.2) is 5.82 Å². The number of aromatic nitrogens is 2. The van der Waals surface area contributed by atoms with Gasteiger partial charge in [-0.3, -0.25) is 14.7 Å². The van der Waals surface area contributed by atoms with Crippen LogP contribution in [0.1, 0.15) is 45.7 Å². The number of carbonyl (C=O) groups is 2. The molecule has 3 N–H and O–H groups in total. The predicted octanol–water partition coefficient (Wildman–Crippen LogP) is 2.15. The van der Waals surface area contributed by atoms with Crippen LogP contribution in [0.4, 0.5) is 5.82 Å². The van der Waals surface area contributed by atoms with Crippen LogP contribution in [0.2, 0.25) is 0 Å². The van der Waals surface area contributed by atoms with Gasteiger partial charge >= 0.3 is 5.97 Å². The fourth-order valence-electron chi connectivity index (χ4n) is 2.44. The third kappa shape index (κ3) is 3.18. The Morgan fingerprint density at radius 3 is 2.50 bits per heavy atom. The average molecular weight is 279 g/mol. The first-order chi connectivity index (χ1) is 9.27. The van der Waals surface area contributed by atoms with E-state index in [1.807, 2.05) is 6.07 Å². The molecule has 1 amide bonds. The molecule has 2 atom stereocenters. The summed E-state index contributed by atoms with van der Waals surface area (Å²) in [6.07, 6.45) is 1.61. The Labute approximate surface area is 118 Å². The Morgan fingerprint density at radius 2 is 2.00 bits per heavy atom. The number of carboxylic acid groups (broad SMARTS) is 1. The van der Waals surface area contributed by atoms with Crippen molar-refractivity contribution in [3.05, 3.63) is 11.8 Å². The van der Waals surface area contributed by atoms with Crippen LogP contribution < -0.4 is 5.32 Å². The molecule has 6 heteroatoms. The van der Waals surface area contributed by atoms with E-state index in [1.54, 1.807) is 0 Å². The summed E-state index contributed by atoms with van der Waals surface area (Å²) < 4.78 is 0. The second-order valence-electron chi connectivity index (χ2n) is 6.45. The molecule has 20 heavy (non-hydrogen) atoms. The molecule has 1 aliphatic rings. The molecule has 0 unspecified atom stereocenters. The van der Waals surface area contributed by atoms with Gasteiger partial charge in [0, 0.05) is 23.1 Å². The van der Waals surface area contributed by atoms with Gasteiger partial charge in [-0.1, -0.05) is 20.8 Å². The molecule has 1 heterocycles. The second kappa shape index (κ2) is 5.26. The maximum Gasteiger partial charge on any atom is 0.306 e. The zero-order valence-electron chi connectivity index (χ0n) is 12.1. The van der Waals surface area contributed by atoms with Crippen molar-refractivity contribution in [2.75, 3.05) is 5.32 Å². The molecule has 0 aromatic carbocycles. The number of nitrogens with one attached hydrogen (secondary N) is 2. The molecule has 1 saturated carbocycles. The number of nitrogens with zero attached hydrogens (tertiary/aromatic N) is 1. The predicted molar refractivity (Wildman–Crippen MR) is 74.4 cm³/mol. The molecule has 1 fully saturated rings. The van der Waals surface area contributed by atoms with Crippen LogP contribution >= 0.6 is 0 Å². The van der Waals surface area contributed by atoms with Crippen LogP contribution in [-0.2, 0) is 15.0 Å². The molecule has 2 rings (SSSR count). The number of rotatable bonds is 3. The Bertz CT molecular complexity index is 516. The standard InChI is InChI=1S/C14H21N3O3/c1-14(2,3)10-7-11(17-16-10)15-12(18)8-4-5-9(6-8)13(19)20/h7-9H,4-6H2,1-3H3,(H,19,20)(H2,15,16,17,18)/t8-,9+/m1/s1. The molecule has 110 valence electrons. The van der Waals surface area contributed by atoms with Gasteiger partial charge in [-0.2, -0.15) is 5.10 Å². The Morgan fingerprint density at radius 1 is 1.35 bits per heavy atom. The van der Waals surface area contributed by atoms with E-state index in [-0.39, 0.29) is 17.2 Å². The van der Waals surface area contributed by atoms with Crippen molar-refractivity contribution in [2.45, 2.75) is 45.4 Å². The van der Waals surface area contributed by atoms with Gasteiger partial charge in [-0.25, -0.2) is 0 Å². The van der Waals surface area contributed by atoms with E-state index in [4.69, 9.17) is 5.11 Å². The van der Waals surface area contributed by atoms with Gasteiger partial charge in [0.25, 0.3) is 0 Å². The van der Waals surface area contributed by atoms with Gasteiger partial charge in [0.2, 0.25) is 5.91 Å². The summed E-state index contributed by atoms with van der Waals surface area (Å²) in [6, 6.07) is 1.82. The van der Waals surface area contributed by atoms with Gasteiger partial charge in [0.05, 0.1) is 5.92 Å². The van der Waals surface area contributed by atoms with Crippen molar-refractivity contribution >= 4 is 17.7 Å². The van der Waals surface area contributed by atoms with Crippen LogP contribution in [0, 0.1) is 11.8 Å². The summed E-state index contributed by atoms with van der Waals surface area (Å²) in [7, 11) is 0. The Kier molecular flexibility index (Phi) is 3.83. The minimum Gasteiger partial charge on any atom is -0.481 e. The number of amides is 1. The van der Waals surface area contributed by atoms with Crippen LogP contribution in [0.5, 0.6) is 0 Å². The molecule has 1 aromatic rings. The minimum absolute atomic E-state index is 0.0578. The lowest BCUT2D eigenvalue weighted by atomic mass is 9.92. The Hall–Kier alpha value is -1.85. The van der Waals surface area contributed by atoms with Gasteiger partial charge < -0.3 is 10.4 Å². The maximum absolute atomic E-state index is 12.1. The van der Waals surface area contributed by atoms with Crippen LogP contribution in [-0.4, -0.2) is 27.2 Å². The second-order valence-corrected chi connectivity index (χ2v) is 6.45. The van der Waals surface area contributed by atoms with E-state index in [1.165, 1.54) is 0 Å². The zero-order valence-corrected chi connectivity index (χ0v) is 12.1. The lowest BCUT2D eigenvalue weighted by Gasteiger charge is -2.14. The first-order valence-corrected chi connectivity index (χ1v) is 6.87. The maximum atomic E-state index is 12.1. The molecule has 1 aliphatic carbocycles. The number of carbonyl (C=O) groups excluding carboxylic acids is 1. The third-order valence-corrected chi connectivity index (χ3v) is 3.79. The SMILES string of the molecule is CC(C)(C)c1cc(NC(=O)[C@@H]2CC[C@H](C(=O)O)C2)n[nH]1. The van der Waals surface area contributed by atoms with E-state index in [2.05, 4.69) is 36.3 Å². The number of hydrogen-bond donors (Lipinski definition) is 3. The van der Waals surface area contributed by atoms with Crippen molar-refractivity contribution < 1.29 is 14.7 Å². The molecular weight excluding hydrogens is 258 g/mol. The largest absolute Gasteiger partial charge is 0.481 e. The first-order valence-electron chi connectivity index (χ1n) is 6.87. The van der Waals surface area contributed by atoms with Gasteiger partial charge in [-0.15, -0.1) is 0 Å². The highest BCUT2D eigenvalue weighted by molar-refractivity contribution is 5.92. The zero-order chi connectivity index (χ0) is 14.9. The summed E-state index contributed by atoms with van der Waals surface area (Å²) in [6.45, 7) is 6.17.